The van der Waals surface area contributed by atoms with Gasteiger partial charge in [-0.25, -0.2) is 4.52 Å². The average Bonchev–Trinajstić information content (AvgIpc) is 3.21. The summed E-state index contributed by atoms with van der Waals surface area (Å²) in [6.07, 6.45) is 6.63. The molecule has 4 aromatic rings. The second-order valence-corrected chi connectivity index (χ2v) is 8.29. The van der Waals surface area contributed by atoms with Gasteiger partial charge in [0, 0.05) is 43.8 Å². The summed E-state index contributed by atoms with van der Waals surface area (Å²) in [6, 6.07) is 20.5. The SMILES string of the molecule is c1ccc(COc2ccccc2CN2CCOCC(Cc3cccn4nccc34)C2)nc1. The van der Waals surface area contributed by atoms with Crippen LogP contribution in [0.15, 0.2) is 79.3 Å². The van der Waals surface area contributed by atoms with Crippen molar-refractivity contribution in [2.75, 3.05) is 26.3 Å². The van der Waals surface area contributed by atoms with Gasteiger partial charge in [-0.05, 0) is 48.2 Å². The third-order valence-corrected chi connectivity index (χ3v) is 5.92. The summed E-state index contributed by atoms with van der Waals surface area (Å²) >= 11 is 0. The molecular weight excluding hydrogens is 400 g/mol. The molecule has 164 valence electrons. The highest BCUT2D eigenvalue weighted by atomic mass is 16.5. The lowest BCUT2D eigenvalue weighted by Gasteiger charge is -2.24. The van der Waals surface area contributed by atoms with E-state index < -0.39 is 0 Å². The van der Waals surface area contributed by atoms with Gasteiger partial charge in [0.15, 0.2) is 0 Å². The predicted molar refractivity (Wildman–Crippen MR) is 123 cm³/mol. The number of hydrogen-bond acceptors (Lipinski definition) is 5. The fourth-order valence-electron chi connectivity index (χ4n) is 4.37. The number of fused-ring (bicyclic) bond motifs is 1. The van der Waals surface area contributed by atoms with E-state index in [0.717, 1.165) is 50.7 Å². The Morgan fingerprint density at radius 3 is 2.81 bits per heavy atom. The third kappa shape index (κ3) is 4.98. The molecule has 1 aromatic carbocycles. The Hall–Kier alpha value is -3.22. The molecule has 0 N–H and O–H groups in total. The van der Waals surface area contributed by atoms with Gasteiger partial charge < -0.3 is 9.47 Å². The van der Waals surface area contributed by atoms with Gasteiger partial charge in [0.25, 0.3) is 0 Å². The summed E-state index contributed by atoms with van der Waals surface area (Å²) in [6.45, 7) is 4.76. The number of benzene rings is 1. The van der Waals surface area contributed by atoms with Crippen LogP contribution in [0.2, 0.25) is 0 Å². The van der Waals surface area contributed by atoms with Crippen LogP contribution in [0.3, 0.4) is 0 Å². The van der Waals surface area contributed by atoms with Crippen molar-refractivity contribution < 1.29 is 9.47 Å². The van der Waals surface area contributed by atoms with Gasteiger partial charge in [-0.1, -0.05) is 30.3 Å². The van der Waals surface area contributed by atoms with E-state index in [9.17, 15) is 0 Å². The quantitative estimate of drug-likeness (QED) is 0.445. The topological polar surface area (TPSA) is 51.9 Å². The minimum Gasteiger partial charge on any atom is -0.487 e. The highest BCUT2D eigenvalue weighted by Gasteiger charge is 2.21. The molecule has 32 heavy (non-hydrogen) atoms. The normalized spacial score (nSPS) is 17.3. The molecule has 1 fully saturated rings. The zero-order valence-electron chi connectivity index (χ0n) is 18.1. The minimum absolute atomic E-state index is 0.431. The molecule has 1 saturated heterocycles. The Kier molecular flexibility index (Phi) is 6.42. The molecular formula is C26H28N4O2. The van der Waals surface area contributed by atoms with Crippen molar-refractivity contribution in [1.29, 1.82) is 0 Å². The molecule has 1 aliphatic heterocycles. The monoisotopic (exact) mass is 428 g/mol. The first-order chi connectivity index (χ1) is 15.8. The van der Waals surface area contributed by atoms with Crippen LogP contribution in [0.5, 0.6) is 5.75 Å². The van der Waals surface area contributed by atoms with E-state index in [1.165, 1.54) is 16.6 Å². The molecule has 0 radical (unpaired) electrons. The van der Waals surface area contributed by atoms with Crippen LogP contribution in [-0.2, 0) is 24.3 Å². The molecule has 3 aromatic heterocycles. The van der Waals surface area contributed by atoms with Crippen LogP contribution in [0.4, 0.5) is 0 Å². The van der Waals surface area contributed by atoms with E-state index in [0.29, 0.717) is 12.5 Å². The minimum atomic E-state index is 0.431. The van der Waals surface area contributed by atoms with Crippen LogP contribution in [0.25, 0.3) is 5.52 Å². The second-order valence-electron chi connectivity index (χ2n) is 8.29. The lowest BCUT2D eigenvalue weighted by molar-refractivity contribution is 0.121. The molecule has 1 aliphatic rings. The van der Waals surface area contributed by atoms with E-state index in [1.54, 1.807) is 6.20 Å². The largest absolute Gasteiger partial charge is 0.487 e. The number of para-hydroxylation sites is 1. The maximum atomic E-state index is 6.13. The predicted octanol–water partition coefficient (Wildman–Crippen LogP) is 4.00. The Labute approximate surface area is 188 Å². The summed E-state index contributed by atoms with van der Waals surface area (Å²) in [5, 5.41) is 4.37. The van der Waals surface area contributed by atoms with Crippen LogP contribution in [-0.4, -0.2) is 45.8 Å². The van der Waals surface area contributed by atoms with E-state index in [2.05, 4.69) is 45.3 Å². The summed E-state index contributed by atoms with van der Waals surface area (Å²) in [5.41, 5.74) is 4.62. The van der Waals surface area contributed by atoms with Gasteiger partial charge >= 0.3 is 0 Å². The van der Waals surface area contributed by atoms with Crippen molar-refractivity contribution in [3.63, 3.8) is 0 Å². The van der Waals surface area contributed by atoms with Gasteiger partial charge in [0.05, 0.1) is 24.4 Å². The number of nitrogens with zero attached hydrogens (tertiary/aromatic N) is 4. The van der Waals surface area contributed by atoms with Gasteiger partial charge in [0.2, 0.25) is 0 Å². The number of aromatic nitrogens is 3. The number of pyridine rings is 2. The Morgan fingerprint density at radius 2 is 1.88 bits per heavy atom. The van der Waals surface area contributed by atoms with Crippen LogP contribution >= 0.6 is 0 Å². The van der Waals surface area contributed by atoms with Gasteiger partial charge in [-0.15, -0.1) is 0 Å². The summed E-state index contributed by atoms with van der Waals surface area (Å²) in [4.78, 5) is 6.84. The average molecular weight is 429 g/mol. The van der Waals surface area contributed by atoms with Crippen molar-refractivity contribution in [2.24, 2.45) is 5.92 Å². The van der Waals surface area contributed by atoms with Crippen molar-refractivity contribution >= 4 is 5.52 Å². The molecule has 0 saturated carbocycles. The Morgan fingerprint density at radius 1 is 0.969 bits per heavy atom. The summed E-state index contributed by atoms with van der Waals surface area (Å²) in [5.74, 6) is 1.35. The van der Waals surface area contributed by atoms with Crippen LogP contribution < -0.4 is 4.74 Å². The molecule has 1 unspecified atom stereocenters. The highest BCUT2D eigenvalue weighted by Crippen LogP contribution is 2.23. The first-order valence-electron chi connectivity index (χ1n) is 11.2. The number of hydrogen-bond donors (Lipinski definition) is 0. The Balaban J connectivity index is 1.26. The van der Waals surface area contributed by atoms with E-state index in [4.69, 9.17) is 9.47 Å². The molecule has 5 rings (SSSR count). The van der Waals surface area contributed by atoms with Crippen molar-refractivity contribution in [3.05, 3.63) is 96.1 Å². The molecule has 4 heterocycles. The fourth-order valence-corrected chi connectivity index (χ4v) is 4.37. The second kappa shape index (κ2) is 9.94. The van der Waals surface area contributed by atoms with Gasteiger partial charge in [0.1, 0.15) is 12.4 Å². The molecule has 1 atom stereocenters. The third-order valence-electron chi connectivity index (χ3n) is 5.92. The first kappa shape index (κ1) is 20.7. The molecule has 6 nitrogen and oxygen atoms in total. The van der Waals surface area contributed by atoms with Crippen LogP contribution in [0, 0.1) is 5.92 Å². The molecule has 0 spiro atoms. The van der Waals surface area contributed by atoms with Crippen molar-refractivity contribution in [3.8, 4) is 5.75 Å². The van der Waals surface area contributed by atoms with Crippen LogP contribution in [0.1, 0.15) is 16.8 Å². The van der Waals surface area contributed by atoms with E-state index in [1.807, 2.05) is 47.2 Å². The lowest BCUT2D eigenvalue weighted by Crippen LogP contribution is -2.30. The number of ether oxygens (including phenoxy) is 2. The molecule has 0 amide bonds. The standard InChI is InChI=1S/C26H28N4O2/c1-2-9-26(32-20-24-8-3-4-11-27-24)23(6-1)18-29-14-15-31-19-21(17-29)16-22-7-5-13-30-25(22)10-12-28-30/h1-13,21H,14-20H2. The molecule has 0 bridgehead atoms. The first-order valence-corrected chi connectivity index (χ1v) is 11.2. The molecule has 0 aliphatic carbocycles. The maximum Gasteiger partial charge on any atom is 0.130 e. The number of rotatable bonds is 7. The van der Waals surface area contributed by atoms with Crippen molar-refractivity contribution in [1.82, 2.24) is 19.5 Å². The van der Waals surface area contributed by atoms with Gasteiger partial charge in [-0.2, -0.15) is 5.10 Å². The lowest BCUT2D eigenvalue weighted by atomic mass is 9.99. The molecule has 6 heteroatoms. The van der Waals surface area contributed by atoms with Crippen molar-refractivity contribution in [2.45, 2.75) is 19.6 Å². The summed E-state index contributed by atoms with van der Waals surface area (Å²) < 4.78 is 14.0. The zero-order valence-corrected chi connectivity index (χ0v) is 18.1. The summed E-state index contributed by atoms with van der Waals surface area (Å²) in [7, 11) is 0. The Bertz CT molecular complexity index is 1140. The highest BCUT2D eigenvalue weighted by molar-refractivity contribution is 5.53. The van der Waals surface area contributed by atoms with E-state index in [-0.39, 0.29) is 0 Å². The van der Waals surface area contributed by atoms with E-state index >= 15 is 0 Å². The fraction of sp³-hybridized carbons (Fsp3) is 0.308. The van der Waals surface area contributed by atoms with Gasteiger partial charge in [-0.3, -0.25) is 9.88 Å². The zero-order chi connectivity index (χ0) is 21.6. The maximum absolute atomic E-state index is 6.13. The smallest absolute Gasteiger partial charge is 0.130 e.